The fourth-order valence-electron chi connectivity index (χ4n) is 0.846. The number of rotatable bonds is 0. The van der Waals surface area contributed by atoms with Gasteiger partial charge in [-0.15, -0.1) is 0 Å². The van der Waals surface area contributed by atoms with Gasteiger partial charge in [0.05, 0.1) is 6.10 Å². The van der Waals surface area contributed by atoms with E-state index in [-0.39, 0.29) is 6.10 Å². The lowest BCUT2D eigenvalue weighted by molar-refractivity contribution is -0.165. The van der Waals surface area contributed by atoms with E-state index >= 15 is 0 Å². The van der Waals surface area contributed by atoms with E-state index in [1.54, 1.807) is 0 Å². The van der Waals surface area contributed by atoms with Crippen LogP contribution in [-0.2, 0) is 9.53 Å². The normalized spacial score (nSPS) is 36.0. The zero-order valence-corrected chi connectivity index (χ0v) is 5.33. The summed E-state index contributed by atoms with van der Waals surface area (Å²) in [6.45, 7) is 1.82. The second kappa shape index (κ2) is 2.35. The fourth-order valence-corrected chi connectivity index (χ4v) is 0.846. The summed E-state index contributed by atoms with van der Waals surface area (Å²) in [5.41, 5.74) is 0. The Kier molecular flexibility index (Phi) is 1.71. The van der Waals surface area contributed by atoms with Crippen LogP contribution >= 0.6 is 0 Å². The summed E-state index contributed by atoms with van der Waals surface area (Å²) in [6.07, 6.45) is 0.425. The third kappa shape index (κ3) is 1.42. The minimum atomic E-state index is -0.874. The maximum Gasteiger partial charge on any atom is 0.335 e. The predicted octanol–water partition coefficient (Wildman–Crippen LogP) is 0.0728. The molecule has 0 bridgehead atoms. The van der Waals surface area contributed by atoms with Crippen molar-refractivity contribution < 1.29 is 14.6 Å². The van der Waals surface area contributed by atoms with Crippen LogP contribution in [0.25, 0.3) is 0 Å². The minimum absolute atomic E-state index is 0.0131. The highest BCUT2D eigenvalue weighted by Crippen LogP contribution is 2.13. The van der Waals surface area contributed by atoms with Crippen LogP contribution < -0.4 is 0 Å². The number of carbonyl (C=O) groups excluding carboxylic acids is 1. The Bertz CT molecular complexity index is 121. The highest BCUT2D eigenvalue weighted by atomic mass is 16.6. The molecule has 0 saturated carbocycles. The van der Waals surface area contributed by atoms with Gasteiger partial charge in [0, 0.05) is 0 Å². The second-order valence-corrected chi connectivity index (χ2v) is 2.34. The molecule has 0 aromatic heterocycles. The van der Waals surface area contributed by atoms with Gasteiger partial charge < -0.3 is 9.84 Å². The summed E-state index contributed by atoms with van der Waals surface area (Å²) in [4.78, 5) is 10.5. The number of esters is 1. The Morgan fingerprint density at radius 2 is 2.33 bits per heavy atom. The predicted molar refractivity (Wildman–Crippen MR) is 30.8 cm³/mol. The first kappa shape index (κ1) is 6.55. The van der Waals surface area contributed by atoms with Crippen LogP contribution in [0.5, 0.6) is 0 Å². The minimum Gasteiger partial charge on any atom is -0.461 e. The van der Waals surface area contributed by atoms with E-state index in [0.29, 0.717) is 6.42 Å². The molecule has 0 amide bonds. The van der Waals surface area contributed by atoms with Crippen molar-refractivity contribution in [2.45, 2.75) is 32.0 Å². The summed E-state index contributed by atoms with van der Waals surface area (Å²) < 4.78 is 4.71. The first-order chi connectivity index (χ1) is 4.20. The number of cyclic esters (lactones) is 1. The molecule has 1 aliphatic heterocycles. The Labute approximate surface area is 53.6 Å². The van der Waals surface area contributed by atoms with Crippen LogP contribution in [0, 0.1) is 0 Å². The van der Waals surface area contributed by atoms with E-state index in [1.807, 2.05) is 6.92 Å². The van der Waals surface area contributed by atoms with Gasteiger partial charge in [0.25, 0.3) is 0 Å². The van der Waals surface area contributed by atoms with Gasteiger partial charge in [-0.05, 0) is 19.8 Å². The topological polar surface area (TPSA) is 46.5 Å². The average molecular weight is 130 g/mol. The van der Waals surface area contributed by atoms with E-state index in [2.05, 4.69) is 0 Å². The molecule has 9 heavy (non-hydrogen) atoms. The lowest BCUT2D eigenvalue weighted by Gasteiger charge is -2.21. The monoisotopic (exact) mass is 130 g/mol. The average Bonchev–Trinajstić information content (AvgIpc) is 1.80. The summed E-state index contributed by atoms with van der Waals surface area (Å²) in [5.74, 6) is -0.478. The highest BCUT2D eigenvalue weighted by molar-refractivity contribution is 5.75. The van der Waals surface area contributed by atoms with Crippen molar-refractivity contribution in [3.05, 3.63) is 0 Å². The molecule has 1 saturated heterocycles. The van der Waals surface area contributed by atoms with Crippen molar-refractivity contribution >= 4 is 5.97 Å². The lowest BCUT2D eigenvalue weighted by Crippen LogP contribution is -2.32. The van der Waals surface area contributed by atoms with Gasteiger partial charge in [-0.2, -0.15) is 0 Å². The van der Waals surface area contributed by atoms with Gasteiger partial charge in [0.1, 0.15) is 0 Å². The standard InChI is InChI=1S/C6H10O3/c1-4-2-3-5(7)6(8)9-4/h4-5,7H,2-3H2,1H3. The molecule has 0 aromatic carbocycles. The van der Waals surface area contributed by atoms with E-state index in [9.17, 15) is 4.79 Å². The van der Waals surface area contributed by atoms with Gasteiger partial charge in [0.2, 0.25) is 0 Å². The fraction of sp³-hybridized carbons (Fsp3) is 0.833. The molecule has 1 aliphatic rings. The van der Waals surface area contributed by atoms with Gasteiger partial charge >= 0.3 is 5.97 Å². The Balaban J connectivity index is 2.44. The Morgan fingerprint density at radius 1 is 1.67 bits per heavy atom. The number of hydrogen-bond donors (Lipinski definition) is 1. The van der Waals surface area contributed by atoms with Gasteiger partial charge in [-0.25, -0.2) is 4.79 Å². The number of hydrogen-bond acceptors (Lipinski definition) is 3. The van der Waals surface area contributed by atoms with Crippen LogP contribution in [0.4, 0.5) is 0 Å². The smallest absolute Gasteiger partial charge is 0.335 e. The highest BCUT2D eigenvalue weighted by Gasteiger charge is 2.24. The number of aliphatic hydroxyl groups excluding tert-OH is 1. The Hall–Kier alpha value is -0.570. The summed E-state index contributed by atoms with van der Waals surface area (Å²) in [7, 11) is 0. The molecule has 0 aliphatic carbocycles. The van der Waals surface area contributed by atoms with Crippen molar-refractivity contribution in [3.8, 4) is 0 Å². The summed E-state index contributed by atoms with van der Waals surface area (Å²) in [5, 5.41) is 8.82. The number of carbonyl (C=O) groups is 1. The summed E-state index contributed by atoms with van der Waals surface area (Å²) >= 11 is 0. The van der Waals surface area contributed by atoms with E-state index in [4.69, 9.17) is 9.84 Å². The first-order valence-corrected chi connectivity index (χ1v) is 3.08. The van der Waals surface area contributed by atoms with Crippen LogP contribution in [0.1, 0.15) is 19.8 Å². The van der Waals surface area contributed by atoms with Gasteiger partial charge in [-0.3, -0.25) is 0 Å². The zero-order chi connectivity index (χ0) is 6.85. The Morgan fingerprint density at radius 3 is 2.78 bits per heavy atom. The lowest BCUT2D eigenvalue weighted by atomic mass is 10.1. The number of ether oxygens (including phenoxy) is 1. The molecule has 0 spiro atoms. The van der Waals surface area contributed by atoms with Crippen molar-refractivity contribution in [2.24, 2.45) is 0 Å². The maximum atomic E-state index is 10.5. The van der Waals surface area contributed by atoms with Crippen LogP contribution in [-0.4, -0.2) is 23.3 Å². The van der Waals surface area contributed by atoms with Gasteiger partial charge in [0.15, 0.2) is 6.10 Å². The molecule has 1 N–H and O–H groups in total. The van der Waals surface area contributed by atoms with Crippen LogP contribution in [0.15, 0.2) is 0 Å². The molecular formula is C6H10O3. The van der Waals surface area contributed by atoms with Crippen molar-refractivity contribution in [2.75, 3.05) is 0 Å². The second-order valence-electron chi connectivity index (χ2n) is 2.34. The van der Waals surface area contributed by atoms with Crippen LogP contribution in [0.3, 0.4) is 0 Å². The molecule has 2 unspecified atom stereocenters. The molecule has 0 radical (unpaired) electrons. The molecule has 1 heterocycles. The third-order valence-electron chi connectivity index (χ3n) is 1.44. The quantitative estimate of drug-likeness (QED) is 0.472. The van der Waals surface area contributed by atoms with E-state index in [0.717, 1.165) is 6.42 Å². The van der Waals surface area contributed by atoms with E-state index in [1.165, 1.54) is 0 Å². The van der Waals surface area contributed by atoms with Gasteiger partial charge in [-0.1, -0.05) is 0 Å². The van der Waals surface area contributed by atoms with E-state index < -0.39 is 12.1 Å². The molecule has 52 valence electrons. The molecule has 1 rings (SSSR count). The molecule has 0 aromatic rings. The first-order valence-electron chi connectivity index (χ1n) is 3.08. The maximum absolute atomic E-state index is 10.5. The molecular weight excluding hydrogens is 120 g/mol. The van der Waals surface area contributed by atoms with Crippen molar-refractivity contribution in [1.82, 2.24) is 0 Å². The molecule has 3 heteroatoms. The zero-order valence-electron chi connectivity index (χ0n) is 5.33. The molecule has 1 fully saturated rings. The third-order valence-corrected chi connectivity index (χ3v) is 1.44. The van der Waals surface area contributed by atoms with Crippen molar-refractivity contribution in [3.63, 3.8) is 0 Å². The molecule has 2 atom stereocenters. The molecule has 3 nitrogen and oxygen atoms in total. The number of aliphatic hydroxyl groups is 1. The summed E-state index contributed by atoms with van der Waals surface area (Å²) in [6, 6.07) is 0. The van der Waals surface area contributed by atoms with Crippen molar-refractivity contribution in [1.29, 1.82) is 0 Å². The SMILES string of the molecule is CC1CCC(O)C(=O)O1. The van der Waals surface area contributed by atoms with Crippen LogP contribution in [0.2, 0.25) is 0 Å². The largest absolute Gasteiger partial charge is 0.461 e.